The molecule has 8 nitrogen and oxygen atoms in total. The number of amides is 1. The molecule has 2 aromatic carbocycles. The molecule has 1 heterocycles. The number of hydrogen-bond acceptors (Lipinski definition) is 6. The van der Waals surface area contributed by atoms with Gasteiger partial charge in [0.2, 0.25) is 5.91 Å². The van der Waals surface area contributed by atoms with Crippen LogP contribution in [0.4, 0.5) is 15.8 Å². The molecule has 4 N–H and O–H groups in total. The van der Waals surface area contributed by atoms with Crippen LogP contribution < -0.4 is 25.6 Å². The molecule has 3 rings (SSSR count). The van der Waals surface area contributed by atoms with Crippen molar-refractivity contribution in [3.63, 3.8) is 0 Å². The van der Waals surface area contributed by atoms with Gasteiger partial charge in [-0.25, -0.2) is 18.2 Å². The predicted molar refractivity (Wildman–Crippen MR) is 104 cm³/mol. The number of nitrogens with one attached hydrogen (secondary N) is 4. The van der Waals surface area contributed by atoms with E-state index in [1.54, 1.807) is 37.3 Å². The van der Waals surface area contributed by atoms with Crippen LogP contribution in [-0.4, -0.2) is 33.4 Å². The number of carbonyl (C=O) groups is 1. The van der Waals surface area contributed by atoms with Crippen molar-refractivity contribution in [3.05, 3.63) is 53.8 Å². The SMILES string of the molecule is COc1ccc(NS(=O)(=O)C2NNCC2C(=O)Nc2ccc(C)cc2F)cc1. The van der Waals surface area contributed by atoms with E-state index in [-0.39, 0.29) is 12.2 Å². The minimum atomic E-state index is -3.95. The van der Waals surface area contributed by atoms with Crippen LogP contribution in [0.25, 0.3) is 0 Å². The summed E-state index contributed by atoms with van der Waals surface area (Å²) in [6.45, 7) is 1.81. The van der Waals surface area contributed by atoms with Gasteiger partial charge in [-0.3, -0.25) is 14.9 Å². The minimum absolute atomic E-state index is 0.00163. The van der Waals surface area contributed by atoms with Crippen LogP contribution in [0.1, 0.15) is 5.56 Å². The van der Waals surface area contributed by atoms with Gasteiger partial charge in [-0.15, -0.1) is 0 Å². The number of carbonyl (C=O) groups excluding carboxylic acids is 1. The monoisotopic (exact) mass is 408 g/mol. The molecular weight excluding hydrogens is 387 g/mol. The number of halogens is 1. The summed E-state index contributed by atoms with van der Waals surface area (Å²) >= 11 is 0. The van der Waals surface area contributed by atoms with Crippen LogP contribution in [0.15, 0.2) is 42.5 Å². The van der Waals surface area contributed by atoms with Crippen LogP contribution >= 0.6 is 0 Å². The van der Waals surface area contributed by atoms with Gasteiger partial charge in [0.1, 0.15) is 11.6 Å². The molecule has 28 heavy (non-hydrogen) atoms. The Balaban J connectivity index is 1.74. The highest BCUT2D eigenvalue weighted by molar-refractivity contribution is 7.93. The number of ether oxygens (including phenoxy) is 1. The van der Waals surface area contributed by atoms with Crippen molar-refractivity contribution in [2.75, 3.05) is 23.7 Å². The zero-order valence-corrected chi connectivity index (χ0v) is 16.1. The van der Waals surface area contributed by atoms with Crippen molar-refractivity contribution in [3.8, 4) is 5.75 Å². The maximum Gasteiger partial charge on any atom is 0.250 e. The number of anilines is 2. The van der Waals surface area contributed by atoms with E-state index in [0.29, 0.717) is 17.0 Å². The number of methoxy groups -OCH3 is 1. The van der Waals surface area contributed by atoms with Gasteiger partial charge in [0.25, 0.3) is 10.0 Å². The lowest BCUT2D eigenvalue weighted by molar-refractivity contribution is -0.119. The summed E-state index contributed by atoms with van der Waals surface area (Å²) in [5, 5.41) is 1.22. The summed E-state index contributed by atoms with van der Waals surface area (Å²) in [5.41, 5.74) is 6.32. The van der Waals surface area contributed by atoms with E-state index >= 15 is 0 Å². The van der Waals surface area contributed by atoms with Crippen molar-refractivity contribution >= 4 is 27.3 Å². The second kappa shape index (κ2) is 8.13. The lowest BCUT2D eigenvalue weighted by Gasteiger charge is -2.20. The molecule has 1 aliphatic rings. The first kappa shape index (κ1) is 20.1. The Morgan fingerprint density at radius 1 is 1.21 bits per heavy atom. The minimum Gasteiger partial charge on any atom is -0.497 e. The quantitative estimate of drug-likeness (QED) is 0.578. The largest absolute Gasteiger partial charge is 0.497 e. The molecule has 2 atom stereocenters. The Labute approximate surface area is 162 Å². The normalized spacial score (nSPS) is 19.2. The van der Waals surface area contributed by atoms with E-state index in [4.69, 9.17) is 4.74 Å². The highest BCUT2D eigenvalue weighted by Gasteiger charge is 2.42. The Bertz CT molecular complexity index is 966. The summed E-state index contributed by atoms with van der Waals surface area (Å²) in [6.07, 6.45) is 0. The summed E-state index contributed by atoms with van der Waals surface area (Å²) < 4.78 is 46.9. The zero-order valence-electron chi connectivity index (χ0n) is 15.3. The summed E-state index contributed by atoms with van der Waals surface area (Å²) in [4.78, 5) is 12.6. The molecule has 1 saturated heterocycles. The van der Waals surface area contributed by atoms with Crippen molar-refractivity contribution in [2.45, 2.75) is 12.3 Å². The molecule has 10 heteroatoms. The van der Waals surface area contributed by atoms with E-state index in [9.17, 15) is 17.6 Å². The first-order chi connectivity index (χ1) is 13.3. The molecule has 1 aliphatic heterocycles. The lowest BCUT2D eigenvalue weighted by atomic mass is 10.1. The van der Waals surface area contributed by atoms with Crippen LogP contribution in [0.5, 0.6) is 5.75 Å². The Morgan fingerprint density at radius 2 is 1.93 bits per heavy atom. The maximum atomic E-state index is 14.0. The standard InChI is InChI=1S/C18H21FN4O4S/c1-11-3-8-16(15(19)9-11)21-17(24)14-10-20-22-18(14)28(25,26)23-12-4-6-13(27-2)7-5-12/h3-9,14,18,20,22-23H,10H2,1-2H3,(H,21,24). The van der Waals surface area contributed by atoms with Gasteiger partial charge in [-0.2, -0.15) is 0 Å². The van der Waals surface area contributed by atoms with Crippen LogP contribution in [0.2, 0.25) is 0 Å². The summed E-state index contributed by atoms with van der Waals surface area (Å²) in [7, 11) is -2.45. The van der Waals surface area contributed by atoms with E-state index in [2.05, 4.69) is 20.9 Å². The smallest absolute Gasteiger partial charge is 0.250 e. The first-order valence-electron chi connectivity index (χ1n) is 8.51. The first-order valence-corrected chi connectivity index (χ1v) is 10.1. The zero-order chi connectivity index (χ0) is 20.3. The molecule has 0 aliphatic carbocycles. The van der Waals surface area contributed by atoms with Crippen molar-refractivity contribution in [1.29, 1.82) is 0 Å². The van der Waals surface area contributed by atoms with Crippen molar-refractivity contribution in [2.24, 2.45) is 5.92 Å². The van der Waals surface area contributed by atoms with Crippen LogP contribution in [0, 0.1) is 18.7 Å². The third kappa shape index (κ3) is 4.41. The molecule has 2 aromatic rings. The van der Waals surface area contributed by atoms with Crippen LogP contribution in [-0.2, 0) is 14.8 Å². The maximum absolute atomic E-state index is 14.0. The van der Waals surface area contributed by atoms with Gasteiger partial charge in [-0.1, -0.05) is 6.07 Å². The average molecular weight is 408 g/mol. The molecule has 2 unspecified atom stereocenters. The van der Waals surface area contributed by atoms with E-state index in [0.717, 1.165) is 0 Å². The fourth-order valence-corrected chi connectivity index (χ4v) is 4.32. The number of benzene rings is 2. The number of sulfonamides is 1. The van der Waals surface area contributed by atoms with Gasteiger partial charge in [0.15, 0.2) is 5.37 Å². The van der Waals surface area contributed by atoms with Crippen molar-refractivity contribution < 1.29 is 22.3 Å². The predicted octanol–water partition coefficient (Wildman–Crippen LogP) is 1.57. The lowest BCUT2D eigenvalue weighted by Crippen LogP contribution is -2.45. The van der Waals surface area contributed by atoms with E-state index in [1.807, 2.05) is 0 Å². The number of aryl methyl sites for hydroxylation is 1. The van der Waals surface area contributed by atoms with Gasteiger partial charge >= 0.3 is 0 Å². The molecule has 0 saturated carbocycles. The molecular formula is C18H21FN4O4S. The molecule has 0 aromatic heterocycles. The molecule has 1 amide bonds. The van der Waals surface area contributed by atoms with Gasteiger partial charge in [0, 0.05) is 12.2 Å². The second-order valence-corrected chi connectivity index (χ2v) is 8.20. The van der Waals surface area contributed by atoms with Gasteiger partial charge in [-0.05, 0) is 48.9 Å². The fraction of sp³-hybridized carbons (Fsp3) is 0.278. The van der Waals surface area contributed by atoms with Crippen molar-refractivity contribution in [1.82, 2.24) is 10.9 Å². The Morgan fingerprint density at radius 3 is 2.57 bits per heavy atom. The van der Waals surface area contributed by atoms with Gasteiger partial charge in [0.05, 0.1) is 18.7 Å². The Kier molecular flexibility index (Phi) is 5.82. The van der Waals surface area contributed by atoms with E-state index in [1.165, 1.54) is 19.2 Å². The topological polar surface area (TPSA) is 109 Å². The molecule has 150 valence electrons. The molecule has 1 fully saturated rings. The summed E-state index contributed by atoms with van der Waals surface area (Å²) in [5.74, 6) is -1.56. The third-order valence-corrected chi connectivity index (χ3v) is 5.97. The van der Waals surface area contributed by atoms with Crippen LogP contribution in [0.3, 0.4) is 0 Å². The highest BCUT2D eigenvalue weighted by Crippen LogP contribution is 2.22. The molecule has 0 spiro atoms. The highest BCUT2D eigenvalue weighted by atomic mass is 32.2. The second-order valence-electron chi connectivity index (χ2n) is 6.40. The third-order valence-electron chi connectivity index (χ3n) is 4.34. The fourth-order valence-electron chi connectivity index (χ4n) is 2.83. The number of rotatable bonds is 6. The number of hydrazine groups is 1. The van der Waals surface area contributed by atoms with Gasteiger partial charge < -0.3 is 10.1 Å². The summed E-state index contributed by atoms with van der Waals surface area (Å²) in [6, 6.07) is 10.7. The van der Waals surface area contributed by atoms with E-state index < -0.39 is 33.0 Å². The number of hydrogen-bond donors (Lipinski definition) is 4. The molecule has 0 radical (unpaired) electrons. The molecule has 0 bridgehead atoms. The average Bonchev–Trinajstić information content (AvgIpc) is 3.15. The Hall–Kier alpha value is -2.69.